The van der Waals surface area contributed by atoms with Gasteiger partial charge in [-0.2, -0.15) is 26.7 Å². The summed E-state index contributed by atoms with van der Waals surface area (Å²) in [5.74, 6) is -0.468. The third kappa shape index (κ3) is 5.85. The van der Waals surface area contributed by atoms with Gasteiger partial charge in [0, 0.05) is 20.1 Å². The van der Waals surface area contributed by atoms with E-state index in [1.165, 1.54) is 19.2 Å². The van der Waals surface area contributed by atoms with Gasteiger partial charge in [0.15, 0.2) is 0 Å². The van der Waals surface area contributed by atoms with Crippen molar-refractivity contribution in [2.75, 3.05) is 19.5 Å². The molecule has 1 saturated heterocycles. The Balaban J connectivity index is 1.88. The van der Waals surface area contributed by atoms with Gasteiger partial charge in [0.2, 0.25) is 0 Å². The number of benzene rings is 1. The number of ether oxygens (including phenoxy) is 2. The van der Waals surface area contributed by atoms with Crippen molar-refractivity contribution in [2.24, 2.45) is 0 Å². The number of hydrogen-bond acceptors (Lipinski definition) is 5. The van der Waals surface area contributed by atoms with Crippen molar-refractivity contribution in [1.82, 2.24) is 9.78 Å². The van der Waals surface area contributed by atoms with Crippen LogP contribution in [0.5, 0.6) is 0 Å². The second-order valence-electron chi connectivity index (χ2n) is 7.97. The number of nitrogens with zero attached hydrogens (tertiary/aromatic N) is 2. The Labute approximate surface area is 178 Å². The lowest BCUT2D eigenvalue weighted by atomic mass is 9.73. The second kappa shape index (κ2) is 8.89. The summed E-state index contributed by atoms with van der Waals surface area (Å²) in [6.45, 7) is 2.35. The molecule has 2 aromatic rings. The number of alkyl halides is 3. The van der Waals surface area contributed by atoms with Gasteiger partial charge in [-0.3, -0.25) is 4.55 Å². The summed E-state index contributed by atoms with van der Waals surface area (Å²) in [6, 6.07) is 7.04. The molecule has 2 heterocycles. The normalized spacial score (nSPS) is 22.6. The molecule has 0 bridgehead atoms. The van der Waals surface area contributed by atoms with Gasteiger partial charge in [-0.1, -0.05) is 25.1 Å². The number of halogens is 3. The standard InChI is InChI=1S/C20H25F3N2O5S/c1-19(14-4-3-5-15(10-14)20(21,22)23)7-8-30-18(12-19)17-11-16(6-9-31(26,27)28)24-25(17)13-29-2/h3-5,10-11,18H,6-9,12-13H2,1-2H3,(H,26,27,28). The zero-order chi connectivity index (χ0) is 22.9. The molecule has 2 unspecified atom stereocenters. The molecule has 1 N–H and O–H groups in total. The van der Waals surface area contributed by atoms with E-state index in [0.717, 1.165) is 6.07 Å². The fourth-order valence-electron chi connectivity index (χ4n) is 3.85. The number of rotatable bonds is 7. The largest absolute Gasteiger partial charge is 0.416 e. The van der Waals surface area contributed by atoms with Gasteiger partial charge in [-0.25, -0.2) is 4.68 Å². The highest BCUT2D eigenvalue weighted by Gasteiger charge is 2.38. The SMILES string of the molecule is COCn1nc(CCS(=O)(=O)O)cc1C1CC(C)(c2cccc(C(F)(F)F)c2)CCO1. The van der Waals surface area contributed by atoms with Crippen LogP contribution in [0, 0.1) is 0 Å². The fourth-order valence-corrected chi connectivity index (χ4v) is 4.31. The Hall–Kier alpha value is -1.95. The maximum absolute atomic E-state index is 13.2. The average molecular weight is 462 g/mol. The van der Waals surface area contributed by atoms with Crippen LogP contribution in [-0.2, 0) is 44.3 Å². The zero-order valence-electron chi connectivity index (χ0n) is 17.2. The van der Waals surface area contributed by atoms with Crippen molar-refractivity contribution in [2.45, 2.75) is 50.6 Å². The molecule has 11 heteroatoms. The first-order chi connectivity index (χ1) is 14.4. The molecule has 0 spiro atoms. The molecule has 1 aliphatic rings. The zero-order valence-corrected chi connectivity index (χ0v) is 18.0. The third-order valence-electron chi connectivity index (χ3n) is 5.55. The van der Waals surface area contributed by atoms with E-state index in [9.17, 15) is 21.6 Å². The van der Waals surface area contributed by atoms with Gasteiger partial charge in [-0.05, 0) is 36.0 Å². The molecule has 1 fully saturated rings. The van der Waals surface area contributed by atoms with Crippen LogP contribution in [0.25, 0.3) is 0 Å². The number of hydrogen-bond donors (Lipinski definition) is 1. The van der Waals surface area contributed by atoms with Crippen molar-refractivity contribution in [3.63, 3.8) is 0 Å². The van der Waals surface area contributed by atoms with Gasteiger partial charge in [-0.15, -0.1) is 0 Å². The second-order valence-corrected chi connectivity index (χ2v) is 9.54. The minimum absolute atomic E-state index is 0.0141. The van der Waals surface area contributed by atoms with E-state index in [0.29, 0.717) is 36.4 Å². The number of methoxy groups -OCH3 is 1. The van der Waals surface area contributed by atoms with Gasteiger partial charge >= 0.3 is 6.18 Å². The van der Waals surface area contributed by atoms with E-state index in [1.54, 1.807) is 16.8 Å². The lowest BCUT2D eigenvalue weighted by Crippen LogP contribution is -2.33. The van der Waals surface area contributed by atoms with E-state index in [2.05, 4.69) is 5.10 Å². The fraction of sp³-hybridized carbons (Fsp3) is 0.550. The maximum atomic E-state index is 13.2. The molecule has 3 rings (SSSR count). The molecule has 2 atom stereocenters. The molecule has 7 nitrogen and oxygen atoms in total. The Kier molecular flexibility index (Phi) is 6.80. The first kappa shape index (κ1) is 23.7. The Morgan fingerprint density at radius 3 is 2.74 bits per heavy atom. The van der Waals surface area contributed by atoms with E-state index < -0.39 is 39.1 Å². The van der Waals surface area contributed by atoms with Crippen molar-refractivity contribution in [1.29, 1.82) is 0 Å². The molecule has 1 aromatic heterocycles. The van der Waals surface area contributed by atoms with Crippen LogP contribution < -0.4 is 0 Å². The molecular formula is C20H25F3N2O5S. The van der Waals surface area contributed by atoms with Gasteiger partial charge in [0.1, 0.15) is 12.8 Å². The average Bonchev–Trinajstić information content (AvgIpc) is 3.09. The summed E-state index contributed by atoms with van der Waals surface area (Å²) < 4.78 is 83.3. The summed E-state index contributed by atoms with van der Waals surface area (Å²) in [7, 11) is -2.65. The molecule has 0 amide bonds. The van der Waals surface area contributed by atoms with Crippen molar-refractivity contribution in [3.05, 3.63) is 52.8 Å². The first-order valence-electron chi connectivity index (χ1n) is 9.71. The van der Waals surface area contributed by atoms with Crippen LogP contribution >= 0.6 is 0 Å². The minimum atomic E-state index is -4.42. The van der Waals surface area contributed by atoms with E-state index in [-0.39, 0.29) is 13.2 Å². The summed E-state index contributed by atoms with van der Waals surface area (Å²) >= 11 is 0. The maximum Gasteiger partial charge on any atom is 0.416 e. The third-order valence-corrected chi connectivity index (χ3v) is 6.27. The minimum Gasteiger partial charge on any atom is -0.372 e. The summed E-state index contributed by atoms with van der Waals surface area (Å²) in [6.07, 6.45) is -3.90. The van der Waals surface area contributed by atoms with Crippen LogP contribution in [0.2, 0.25) is 0 Å². The molecule has 1 aromatic carbocycles. The number of aryl methyl sites for hydroxylation is 1. The van der Waals surface area contributed by atoms with E-state index in [1.807, 2.05) is 6.92 Å². The topological polar surface area (TPSA) is 90.7 Å². The molecule has 0 saturated carbocycles. The van der Waals surface area contributed by atoms with E-state index >= 15 is 0 Å². The summed E-state index contributed by atoms with van der Waals surface area (Å²) in [5.41, 5.74) is 0.428. The Morgan fingerprint density at radius 1 is 1.35 bits per heavy atom. The molecular weight excluding hydrogens is 437 g/mol. The van der Waals surface area contributed by atoms with Crippen molar-refractivity contribution in [3.8, 4) is 0 Å². The number of aromatic nitrogens is 2. The van der Waals surface area contributed by atoms with Crippen LogP contribution in [0.15, 0.2) is 30.3 Å². The molecule has 31 heavy (non-hydrogen) atoms. The monoisotopic (exact) mass is 462 g/mol. The van der Waals surface area contributed by atoms with Crippen molar-refractivity contribution < 1.29 is 35.6 Å². The molecule has 0 aliphatic carbocycles. The van der Waals surface area contributed by atoms with Gasteiger partial charge in [0.25, 0.3) is 10.1 Å². The predicted octanol–water partition coefficient (Wildman–Crippen LogP) is 3.75. The van der Waals surface area contributed by atoms with Gasteiger partial charge < -0.3 is 9.47 Å². The smallest absolute Gasteiger partial charge is 0.372 e. The molecule has 1 aliphatic heterocycles. The highest BCUT2D eigenvalue weighted by atomic mass is 32.2. The molecule has 172 valence electrons. The first-order valence-corrected chi connectivity index (χ1v) is 11.3. The summed E-state index contributed by atoms with van der Waals surface area (Å²) in [4.78, 5) is 0. The van der Waals surface area contributed by atoms with Crippen LogP contribution in [0.4, 0.5) is 13.2 Å². The van der Waals surface area contributed by atoms with E-state index in [4.69, 9.17) is 14.0 Å². The highest BCUT2D eigenvalue weighted by molar-refractivity contribution is 7.85. The van der Waals surface area contributed by atoms with Crippen LogP contribution in [0.3, 0.4) is 0 Å². The van der Waals surface area contributed by atoms with Crippen LogP contribution in [-0.4, -0.2) is 42.2 Å². The van der Waals surface area contributed by atoms with Crippen LogP contribution in [0.1, 0.15) is 48.4 Å². The predicted molar refractivity (Wildman–Crippen MR) is 106 cm³/mol. The highest BCUT2D eigenvalue weighted by Crippen LogP contribution is 2.43. The summed E-state index contributed by atoms with van der Waals surface area (Å²) in [5, 5.41) is 4.33. The lowest BCUT2D eigenvalue weighted by Gasteiger charge is -2.39. The molecule has 0 radical (unpaired) electrons. The quantitative estimate of drug-likeness (QED) is 0.631. The lowest BCUT2D eigenvalue weighted by molar-refractivity contribution is -0.137. The van der Waals surface area contributed by atoms with Gasteiger partial charge in [0.05, 0.1) is 22.7 Å². The Bertz CT molecular complexity index is 1020. The van der Waals surface area contributed by atoms with Crippen molar-refractivity contribution >= 4 is 10.1 Å². The Morgan fingerprint density at radius 2 is 2.10 bits per heavy atom.